The molecule has 66 valence electrons. The zero-order valence-corrected chi connectivity index (χ0v) is 11.2. The van der Waals surface area contributed by atoms with E-state index in [4.69, 9.17) is 4.74 Å². The van der Waals surface area contributed by atoms with Crippen LogP contribution in [0.1, 0.15) is 0 Å². The van der Waals surface area contributed by atoms with Gasteiger partial charge in [-0.15, -0.1) is 11.6 Å². The third kappa shape index (κ3) is 2.27. The summed E-state index contributed by atoms with van der Waals surface area (Å²) in [4.78, 5) is 13.7. The summed E-state index contributed by atoms with van der Waals surface area (Å²) in [5, 5.41) is 1.49. The Hall–Kier alpha value is -0.134. The fraction of sp³-hybridized carbons (Fsp3) is 0.100. The predicted octanol–water partition coefficient (Wildman–Crippen LogP) is -1.66. The van der Waals surface area contributed by atoms with E-state index in [1.165, 1.54) is 0 Å². The number of ether oxygens (including phenoxy) is 1. The minimum atomic E-state index is -0.125. The third-order valence-electron chi connectivity index (χ3n) is 1.92. The van der Waals surface area contributed by atoms with Gasteiger partial charge in [-0.05, 0) is 6.07 Å². The molecule has 0 saturated carbocycles. The van der Waals surface area contributed by atoms with Crippen molar-refractivity contribution in [1.29, 1.82) is 0 Å². The first kappa shape index (κ1) is 11.9. The Bertz CT molecular complexity index is 493. The van der Waals surface area contributed by atoms with Crippen LogP contribution in [0.2, 0.25) is 0 Å². The Balaban J connectivity index is 0.000000980. The van der Waals surface area contributed by atoms with Gasteiger partial charge in [-0.3, -0.25) is 0 Å². The Morgan fingerprint density at radius 1 is 1.43 bits per heavy atom. The first-order chi connectivity index (χ1) is 6.31. The monoisotopic (exact) mass is 213 g/mol. The van der Waals surface area contributed by atoms with Crippen LogP contribution < -0.4 is 61.7 Å². The van der Waals surface area contributed by atoms with Crippen molar-refractivity contribution in [1.82, 2.24) is 4.98 Å². The molecule has 14 heavy (non-hydrogen) atoms. The summed E-state index contributed by atoms with van der Waals surface area (Å²) in [6.07, 6.45) is 2.66. The molecule has 0 aliphatic heterocycles. The number of fused-ring (bicyclic) bond motifs is 1. The van der Waals surface area contributed by atoms with Gasteiger partial charge in [-0.25, -0.2) is 0 Å². The molecule has 2 rings (SSSR count). The summed E-state index contributed by atoms with van der Waals surface area (Å²) in [6, 6.07) is 7.03. The molecule has 1 aromatic carbocycles. The van der Waals surface area contributed by atoms with Gasteiger partial charge >= 0.3 is 51.4 Å². The van der Waals surface area contributed by atoms with Gasteiger partial charge in [-0.1, -0.05) is 17.5 Å². The Labute approximate surface area is 124 Å². The molecule has 4 heteroatoms. The number of methoxy groups -OCH3 is 1. The number of H-pyrrole nitrogens is 1. The number of rotatable bonds is 1. The SMILES string of the molecule is COc1ccc2c(=O)[nH][c-]cc2c1.[K+]. The number of nitrogens with one attached hydrogen (secondary N) is 1. The second kappa shape index (κ2) is 5.09. The molecule has 0 aliphatic carbocycles. The average Bonchev–Trinajstić information content (AvgIpc) is 2.18. The Morgan fingerprint density at radius 3 is 2.93 bits per heavy atom. The number of hydrogen-bond acceptors (Lipinski definition) is 2. The summed E-state index contributed by atoms with van der Waals surface area (Å²) in [5.74, 6) is 0.742. The molecule has 2 aromatic rings. The second-order valence-electron chi connectivity index (χ2n) is 2.70. The third-order valence-corrected chi connectivity index (χ3v) is 1.92. The van der Waals surface area contributed by atoms with E-state index in [1.54, 1.807) is 31.4 Å². The van der Waals surface area contributed by atoms with E-state index in [0.717, 1.165) is 11.1 Å². The summed E-state index contributed by atoms with van der Waals surface area (Å²) < 4.78 is 5.04. The number of hydrogen-bond donors (Lipinski definition) is 1. The van der Waals surface area contributed by atoms with Gasteiger partial charge in [0.25, 0.3) is 0 Å². The van der Waals surface area contributed by atoms with E-state index < -0.39 is 0 Å². The Kier molecular flexibility index (Phi) is 4.34. The van der Waals surface area contributed by atoms with Gasteiger partial charge in [0.2, 0.25) is 0 Å². The molecule has 0 fully saturated rings. The van der Waals surface area contributed by atoms with Gasteiger partial charge in [0.15, 0.2) is 0 Å². The molecule has 0 spiro atoms. The zero-order valence-electron chi connectivity index (χ0n) is 8.13. The van der Waals surface area contributed by atoms with Crippen LogP contribution in [-0.2, 0) is 0 Å². The number of aromatic nitrogens is 1. The first-order valence-corrected chi connectivity index (χ1v) is 3.88. The fourth-order valence-electron chi connectivity index (χ4n) is 1.24. The molecule has 0 aliphatic rings. The van der Waals surface area contributed by atoms with Crippen LogP contribution in [0.4, 0.5) is 0 Å². The van der Waals surface area contributed by atoms with Crippen LogP contribution in [0.25, 0.3) is 10.8 Å². The quantitative estimate of drug-likeness (QED) is 0.455. The van der Waals surface area contributed by atoms with Gasteiger partial charge in [0.05, 0.1) is 7.11 Å². The molecule has 3 nitrogen and oxygen atoms in total. The van der Waals surface area contributed by atoms with Crippen LogP contribution in [0.5, 0.6) is 5.75 Å². The van der Waals surface area contributed by atoms with Crippen molar-refractivity contribution in [3.05, 3.63) is 40.8 Å². The second-order valence-corrected chi connectivity index (χ2v) is 2.70. The van der Waals surface area contributed by atoms with Crippen LogP contribution in [-0.4, -0.2) is 12.1 Å². The van der Waals surface area contributed by atoms with Crippen molar-refractivity contribution in [2.45, 2.75) is 0 Å². The molecule has 0 bridgehead atoms. The van der Waals surface area contributed by atoms with Crippen molar-refractivity contribution >= 4 is 10.8 Å². The molecule has 0 radical (unpaired) electrons. The maximum atomic E-state index is 11.3. The molecular formula is C10H8KNO2. The number of aromatic amines is 1. The smallest absolute Gasteiger partial charge is 0.498 e. The van der Waals surface area contributed by atoms with E-state index in [9.17, 15) is 4.79 Å². The minimum absolute atomic E-state index is 0. The standard InChI is InChI=1S/C10H8NO2.K/c1-13-8-2-3-9-7(6-8)4-5-11-10(9)12;/h2-4,6H,1H3,(H,11,12);/q-1;+1. The fourth-order valence-corrected chi connectivity index (χ4v) is 1.24. The molecule has 0 atom stereocenters. The molecule has 1 heterocycles. The van der Waals surface area contributed by atoms with Gasteiger partial charge < -0.3 is 14.5 Å². The molecule has 1 aromatic heterocycles. The molecule has 0 saturated heterocycles. The van der Waals surface area contributed by atoms with Crippen LogP contribution in [0.3, 0.4) is 0 Å². The van der Waals surface area contributed by atoms with Crippen LogP contribution in [0.15, 0.2) is 29.1 Å². The van der Waals surface area contributed by atoms with Crippen molar-refractivity contribution in [3.63, 3.8) is 0 Å². The predicted molar refractivity (Wildman–Crippen MR) is 50.0 cm³/mol. The maximum Gasteiger partial charge on any atom is 1.00 e. The van der Waals surface area contributed by atoms with Crippen LogP contribution in [0, 0.1) is 6.20 Å². The summed E-state index contributed by atoms with van der Waals surface area (Å²) in [7, 11) is 1.60. The molecular weight excluding hydrogens is 205 g/mol. The average molecular weight is 213 g/mol. The Morgan fingerprint density at radius 2 is 2.21 bits per heavy atom. The van der Waals surface area contributed by atoms with Gasteiger partial charge in [0, 0.05) is 0 Å². The van der Waals surface area contributed by atoms with E-state index in [-0.39, 0.29) is 56.9 Å². The summed E-state index contributed by atoms with van der Waals surface area (Å²) in [5.41, 5.74) is -0.125. The minimum Gasteiger partial charge on any atom is -0.498 e. The molecule has 0 unspecified atom stereocenters. The topological polar surface area (TPSA) is 42.1 Å². The largest absolute Gasteiger partial charge is 1.00 e. The van der Waals surface area contributed by atoms with E-state index >= 15 is 0 Å². The van der Waals surface area contributed by atoms with Crippen molar-refractivity contribution in [3.8, 4) is 5.75 Å². The zero-order chi connectivity index (χ0) is 9.26. The van der Waals surface area contributed by atoms with E-state index in [1.807, 2.05) is 0 Å². The van der Waals surface area contributed by atoms with Crippen molar-refractivity contribution in [2.75, 3.05) is 7.11 Å². The normalized spacial score (nSPS) is 9.50. The first-order valence-electron chi connectivity index (χ1n) is 3.88. The number of benzene rings is 1. The van der Waals surface area contributed by atoms with Crippen molar-refractivity contribution < 1.29 is 56.1 Å². The van der Waals surface area contributed by atoms with Crippen LogP contribution >= 0.6 is 0 Å². The summed E-state index contributed by atoms with van der Waals surface area (Å²) >= 11 is 0. The molecule has 1 N–H and O–H groups in total. The van der Waals surface area contributed by atoms with Gasteiger partial charge in [-0.2, -0.15) is 6.07 Å². The molecule has 0 amide bonds. The van der Waals surface area contributed by atoms with Crippen molar-refractivity contribution in [2.24, 2.45) is 0 Å². The maximum absolute atomic E-state index is 11.3. The van der Waals surface area contributed by atoms with Gasteiger partial charge in [0.1, 0.15) is 11.3 Å². The van der Waals surface area contributed by atoms with E-state index in [2.05, 4.69) is 11.2 Å². The number of pyridine rings is 1. The van der Waals surface area contributed by atoms with E-state index in [0.29, 0.717) is 5.39 Å². The summed E-state index contributed by atoms with van der Waals surface area (Å²) in [6.45, 7) is 0.